The maximum Gasteiger partial charge on any atom is 0.188 e. The van der Waals surface area contributed by atoms with E-state index in [9.17, 15) is 4.79 Å². The average molecular weight is 272 g/mol. The van der Waals surface area contributed by atoms with Gasteiger partial charge in [0.25, 0.3) is 0 Å². The fraction of sp³-hybridized carbons (Fsp3) is 0.133. The quantitative estimate of drug-likeness (QED) is 0.666. The van der Waals surface area contributed by atoms with E-state index in [0.29, 0.717) is 0 Å². The number of nitrogens with zero attached hydrogens (tertiary/aromatic N) is 1. The van der Waals surface area contributed by atoms with Crippen molar-refractivity contribution in [3.63, 3.8) is 0 Å². The van der Waals surface area contributed by atoms with E-state index in [1.165, 1.54) is 11.3 Å². The Morgan fingerprint density at radius 3 is 2.53 bits per heavy atom. The molecule has 0 aliphatic rings. The second-order valence-electron chi connectivity index (χ2n) is 4.30. The lowest BCUT2D eigenvalue weighted by atomic mass is 10.2. The number of ketones is 1. The highest BCUT2D eigenvalue weighted by Gasteiger charge is 2.00. The molecule has 0 saturated heterocycles. The molecule has 1 heterocycles. The minimum Gasteiger partial charge on any atom is -0.378 e. The van der Waals surface area contributed by atoms with Crippen LogP contribution < -0.4 is 10.2 Å². The molecule has 4 heteroatoms. The zero-order valence-electron chi connectivity index (χ0n) is 11.0. The second-order valence-corrected chi connectivity index (χ2v) is 5.08. The Morgan fingerprint density at radius 2 is 1.95 bits per heavy atom. The normalized spacial score (nSPS) is 10.6. The highest BCUT2D eigenvalue weighted by molar-refractivity contribution is 7.08. The Balaban J connectivity index is 1.93. The van der Waals surface area contributed by atoms with Crippen molar-refractivity contribution in [2.45, 2.75) is 0 Å². The zero-order valence-corrected chi connectivity index (χ0v) is 11.8. The van der Waals surface area contributed by atoms with Gasteiger partial charge in [-0.15, -0.1) is 0 Å². The van der Waals surface area contributed by atoms with Crippen molar-refractivity contribution < 1.29 is 4.79 Å². The van der Waals surface area contributed by atoms with Gasteiger partial charge in [0.15, 0.2) is 5.78 Å². The second kappa shape index (κ2) is 6.20. The van der Waals surface area contributed by atoms with Crippen molar-refractivity contribution in [1.29, 1.82) is 0 Å². The molecular weight excluding hydrogens is 256 g/mol. The predicted octanol–water partition coefficient (Wildman–Crippen LogP) is 3.62. The van der Waals surface area contributed by atoms with E-state index in [2.05, 4.69) is 5.32 Å². The molecule has 0 bridgehead atoms. The third-order valence-electron chi connectivity index (χ3n) is 2.67. The molecule has 0 atom stereocenters. The smallest absolute Gasteiger partial charge is 0.188 e. The van der Waals surface area contributed by atoms with Crippen LogP contribution in [0.2, 0.25) is 0 Å². The highest BCUT2D eigenvalue weighted by Crippen LogP contribution is 2.15. The van der Waals surface area contributed by atoms with Crippen LogP contribution >= 0.6 is 11.3 Å². The summed E-state index contributed by atoms with van der Waals surface area (Å²) in [5, 5.41) is 6.83. The Bertz CT molecular complexity index is 556. The molecule has 0 unspecified atom stereocenters. The number of allylic oxidation sites excluding steroid dienone is 1. The summed E-state index contributed by atoms with van der Waals surface area (Å²) in [6, 6.07) is 9.83. The van der Waals surface area contributed by atoms with Gasteiger partial charge in [0.1, 0.15) is 0 Å². The van der Waals surface area contributed by atoms with Crippen LogP contribution in [0.5, 0.6) is 0 Å². The zero-order chi connectivity index (χ0) is 13.7. The van der Waals surface area contributed by atoms with Crippen molar-refractivity contribution in [2.24, 2.45) is 0 Å². The summed E-state index contributed by atoms with van der Waals surface area (Å²) in [6.45, 7) is 0. The number of hydrogen-bond donors (Lipinski definition) is 1. The minimum atomic E-state index is 0.0126. The van der Waals surface area contributed by atoms with Crippen LogP contribution in [0.3, 0.4) is 0 Å². The van der Waals surface area contributed by atoms with Crippen LogP contribution in [0.25, 0.3) is 0 Å². The topological polar surface area (TPSA) is 32.3 Å². The number of carbonyl (C=O) groups is 1. The summed E-state index contributed by atoms with van der Waals surface area (Å²) < 4.78 is 0. The summed E-state index contributed by atoms with van der Waals surface area (Å²) in [4.78, 5) is 13.8. The third kappa shape index (κ3) is 3.69. The standard InChI is InChI=1S/C15H16N2OS/c1-17(2)14-5-3-13(4-6-14)16-9-7-15(18)12-8-10-19-11-12/h3-11,16H,1-2H3/b9-7+. The molecule has 3 nitrogen and oxygen atoms in total. The highest BCUT2D eigenvalue weighted by atomic mass is 32.1. The molecule has 0 saturated carbocycles. The molecule has 0 aliphatic heterocycles. The first kappa shape index (κ1) is 13.4. The fourth-order valence-electron chi connectivity index (χ4n) is 1.57. The lowest BCUT2D eigenvalue weighted by Gasteiger charge is -2.12. The minimum absolute atomic E-state index is 0.0126. The number of benzene rings is 1. The van der Waals surface area contributed by atoms with Gasteiger partial charge in [-0.25, -0.2) is 0 Å². The van der Waals surface area contributed by atoms with Gasteiger partial charge in [0.05, 0.1) is 0 Å². The van der Waals surface area contributed by atoms with Crippen LogP contribution in [0.4, 0.5) is 11.4 Å². The van der Waals surface area contributed by atoms with E-state index in [1.807, 2.05) is 60.1 Å². The average Bonchev–Trinajstić information content (AvgIpc) is 2.93. The van der Waals surface area contributed by atoms with E-state index in [0.717, 1.165) is 16.9 Å². The molecule has 1 aromatic heterocycles. The summed E-state index contributed by atoms with van der Waals surface area (Å²) in [7, 11) is 4.00. The maximum atomic E-state index is 11.7. The molecule has 0 fully saturated rings. The third-order valence-corrected chi connectivity index (χ3v) is 3.36. The van der Waals surface area contributed by atoms with E-state index in [1.54, 1.807) is 12.3 Å². The fourth-order valence-corrected chi connectivity index (χ4v) is 2.22. The summed E-state index contributed by atoms with van der Waals surface area (Å²) >= 11 is 1.52. The number of thiophene rings is 1. The molecule has 0 amide bonds. The Labute approximate surface area is 117 Å². The molecule has 0 aliphatic carbocycles. The van der Waals surface area contributed by atoms with Crippen LogP contribution in [0, 0.1) is 0 Å². The molecule has 98 valence electrons. The van der Waals surface area contributed by atoms with Crippen LogP contribution in [0.1, 0.15) is 10.4 Å². The first-order valence-electron chi connectivity index (χ1n) is 5.94. The molecule has 2 rings (SSSR count). The van der Waals surface area contributed by atoms with Crippen LogP contribution in [-0.4, -0.2) is 19.9 Å². The number of nitrogens with one attached hydrogen (secondary N) is 1. The van der Waals surface area contributed by atoms with Crippen molar-refractivity contribution in [3.8, 4) is 0 Å². The van der Waals surface area contributed by atoms with Crippen molar-refractivity contribution in [1.82, 2.24) is 0 Å². The molecular formula is C15H16N2OS. The maximum absolute atomic E-state index is 11.7. The van der Waals surface area contributed by atoms with E-state index in [4.69, 9.17) is 0 Å². The number of carbonyl (C=O) groups excluding carboxylic acids is 1. The van der Waals surface area contributed by atoms with Gasteiger partial charge >= 0.3 is 0 Å². The lowest BCUT2D eigenvalue weighted by Crippen LogP contribution is -2.08. The van der Waals surface area contributed by atoms with Gasteiger partial charge in [-0.3, -0.25) is 4.79 Å². The number of rotatable bonds is 5. The van der Waals surface area contributed by atoms with Crippen LogP contribution in [-0.2, 0) is 0 Å². The van der Waals surface area contributed by atoms with Gasteiger partial charge in [-0.2, -0.15) is 11.3 Å². The summed E-state index contributed by atoms with van der Waals surface area (Å²) in [6.07, 6.45) is 3.21. The van der Waals surface area contributed by atoms with Gasteiger partial charge in [0, 0.05) is 48.7 Å². The van der Waals surface area contributed by atoms with E-state index < -0.39 is 0 Å². The summed E-state index contributed by atoms with van der Waals surface area (Å²) in [5.74, 6) is 0.0126. The largest absolute Gasteiger partial charge is 0.378 e. The first-order valence-corrected chi connectivity index (χ1v) is 6.88. The van der Waals surface area contributed by atoms with Crippen molar-refractivity contribution in [3.05, 3.63) is 58.9 Å². The van der Waals surface area contributed by atoms with Gasteiger partial charge < -0.3 is 10.2 Å². The number of anilines is 2. The predicted molar refractivity (Wildman–Crippen MR) is 82.2 cm³/mol. The van der Waals surface area contributed by atoms with Crippen molar-refractivity contribution >= 4 is 28.5 Å². The molecule has 1 aromatic carbocycles. The summed E-state index contributed by atoms with van der Waals surface area (Å²) in [5.41, 5.74) is 2.83. The van der Waals surface area contributed by atoms with Gasteiger partial charge in [-0.05, 0) is 35.7 Å². The molecule has 19 heavy (non-hydrogen) atoms. The molecule has 2 aromatic rings. The van der Waals surface area contributed by atoms with Crippen molar-refractivity contribution in [2.75, 3.05) is 24.3 Å². The van der Waals surface area contributed by atoms with E-state index in [-0.39, 0.29) is 5.78 Å². The Morgan fingerprint density at radius 1 is 1.21 bits per heavy atom. The lowest BCUT2D eigenvalue weighted by molar-refractivity contribution is 0.104. The van der Waals surface area contributed by atoms with E-state index >= 15 is 0 Å². The molecule has 1 N–H and O–H groups in total. The number of hydrogen-bond acceptors (Lipinski definition) is 4. The van der Waals surface area contributed by atoms with Gasteiger partial charge in [0.2, 0.25) is 0 Å². The van der Waals surface area contributed by atoms with Crippen LogP contribution in [0.15, 0.2) is 53.4 Å². The SMILES string of the molecule is CN(C)c1ccc(N/C=C/C(=O)c2ccsc2)cc1. The first-order chi connectivity index (χ1) is 9.16. The molecule has 0 radical (unpaired) electrons. The van der Waals surface area contributed by atoms with Gasteiger partial charge in [-0.1, -0.05) is 0 Å². The molecule has 0 spiro atoms. The Kier molecular flexibility index (Phi) is 4.36. The monoisotopic (exact) mass is 272 g/mol. The Hall–Kier alpha value is -2.07.